The molecule has 1 N–H and O–H groups in total. The summed E-state index contributed by atoms with van der Waals surface area (Å²) < 4.78 is 40.5. The first-order chi connectivity index (χ1) is 16.6. The average molecular weight is 484 g/mol. The van der Waals surface area contributed by atoms with Crippen molar-refractivity contribution >= 4 is 17.5 Å². The number of likely N-dealkylation sites (tertiary alicyclic amines) is 1. The number of nitrogens with zero attached hydrogens (tertiary/aromatic N) is 3. The molecule has 3 aromatic rings. The highest BCUT2D eigenvalue weighted by atomic mass is 19.4. The van der Waals surface area contributed by atoms with Crippen LogP contribution in [0.5, 0.6) is 0 Å². The van der Waals surface area contributed by atoms with Gasteiger partial charge in [0, 0.05) is 36.1 Å². The normalized spacial score (nSPS) is 14.0. The third kappa shape index (κ3) is 5.42. The Hall–Kier alpha value is -3.95. The van der Waals surface area contributed by atoms with E-state index in [1.54, 1.807) is 23.1 Å². The Morgan fingerprint density at radius 3 is 2.40 bits per heavy atom. The summed E-state index contributed by atoms with van der Waals surface area (Å²) in [6.07, 6.45) is -1.58. The van der Waals surface area contributed by atoms with E-state index in [-0.39, 0.29) is 17.3 Å². The number of aromatic nitrogens is 2. The summed E-state index contributed by atoms with van der Waals surface area (Å²) >= 11 is 0. The Morgan fingerprint density at radius 1 is 0.971 bits per heavy atom. The number of aryl methyl sites for hydroxylation is 1. The van der Waals surface area contributed by atoms with E-state index in [0.29, 0.717) is 24.3 Å². The van der Waals surface area contributed by atoms with Crippen molar-refractivity contribution in [2.24, 2.45) is 0 Å². The van der Waals surface area contributed by atoms with Gasteiger partial charge in [-0.3, -0.25) is 14.4 Å². The lowest BCUT2D eigenvalue weighted by Gasteiger charge is -2.26. The van der Waals surface area contributed by atoms with Crippen molar-refractivity contribution in [1.29, 1.82) is 0 Å². The second-order valence-corrected chi connectivity index (χ2v) is 8.35. The second kappa shape index (κ2) is 9.73. The molecule has 10 heteroatoms. The van der Waals surface area contributed by atoms with Crippen LogP contribution in [0.15, 0.2) is 59.4 Å². The first-order valence-corrected chi connectivity index (χ1v) is 11.1. The molecule has 0 aliphatic carbocycles. The average Bonchev–Trinajstić information content (AvgIpc) is 2.84. The zero-order valence-electron chi connectivity index (χ0n) is 18.9. The molecular weight excluding hydrogens is 461 g/mol. The molecular formula is C25H23F3N4O3. The van der Waals surface area contributed by atoms with Gasteiger partial charge in [-0.2, -0.15) is 18.3 Å². The summed E-state index contributed by atoms with van der Waals surface area (Å²) in [6.45, 7) is 2.86. The standard InChI is InChI=1S/C25H23F3N4O3/c1-16-13-21(33)22(30-32(16)20-10-6-8-18(15-20)25(26,27)28)23(34)29-19-9-5-7-17(14-19)24(35)31-11-3-2-4-12-31/h5-10,13-15H,2-4,11-12H2,1H3,(H,29,34). The highest BCUT2D eigenvalue weighted by Gasteiger charge is 2.30. The first-order valence-electron chi connectivity index (χ1n) is 11.1. The molecule has 0 atom stereocenters. The van der Waals surface area contributed by atoms with Crippen molar-refractivity contribution in [3.63, 3.8) is 0 Å². The number of alkyl halides is 3. The van der Waals surface area contributed by atoms with Gasteiger partial charge in [0.15, 0.2) is 5.69 Å². The topological polar surface area (TPSA) is 84.3 Å². The van der Waals surface area contributed by atoms with Gasteiger partial charge in [0.25, 0.3) is 11.8 Å². The summed E-state index contributed by atoms with van der Waals surface area (Å²) in [4.78, 5) is 39.9. The van der Waals surface area contributed by atoms with Gasteiger partial charge in [0.05, 0.1) is 11.3 Å². The van der Waals surface area contributed by atoms with Crippen LogP contribution in [0.3, 0.4) is 0 Å². The van der Waals surface area contributed by atoms with Gasteiger partial charge in [0.2, 0.25) is 5.43 Å². The van der Waals surface area contributed by atoms with Crippen LogP contribution >= 0.6 is 0 Å². The van der Waals surface area contributed by atoms with Crippen molar-refractivity contribution in [3.05, 3.63) is 87.3 Å². The summed E-state index contributed by atoms with van der Waals surface area (Å²) in [7, 11) is 0. The minimum absolute atomic E-state index is 0.0560. The summed E-state index contributed by atoms with van der Waals surface area (Å²) in [5.74, 6) is -0.973. The Kier molecular flexibility index (Phi) is 6.72. The Labute approximate surface area is 199 Å². The second-order valence-electron chi connectivity index (χ2n) is 8.35. The molecule has 2 heterocycles. The molecule has 7 nitrogen and oxygen atoms in total. The largest absolute Gasteiger partial charge is 0.416 e. The molecule has 1 aliphatic heterocycles. The van der Waals surface area contributed by atoms with Gasteiger partial charge in [0.1, 0.15) is 0 Å². The molecule has 1 aromatic heterocycles. The summed E-state index contributed by atoms with van der Waals surface area (Å²) in [5.41, 5.74) is -1.02. The van der Waals surface area contributed by atoms with Crippen LogP contribution in [0.1, 0.15) is 51.4 Å². The van der Waals surface area contributed by atoms with Crippen LogP contribution in [0, 0.1) is 6.92 Å². The maximum absolute atomic E-state index is 13.1. The summed E-state index contributed by atoms with van der Waals surface area (Å²) in [6, 6.07) is 11.9. The number of hydrogen-bond acceptors (Lipinski definition) is 4. The predicted octanol–water partition coefficient (Wildman–Crippen LogP) is 4.44. The molecule has 0 radical (unpaired) electrons. The first kappa shape index (κ1) is 24.2. The highest BCUT2D eigenvalue weighted by molar-refractivity contribution is 6.03. The smallest absolute Gasteiger partial charge is 0.339 e. The fourth-order valence-electron chi connectivity index (χ4n) is 3.98. The van der Waals surface area contributed by atoms with Gasteiger partial charge in [-0.1, -0.05) is 12.1 Å². The fraction of sp³-hybridized carbons (Fsp3) is 0.280. The number of carbonyl (C=O) groups excluding carboxylic acids is 2. The third-order valence-corrected chi connectivity index (χ3v) is 5.75. The lowest BCUT2D eigenvalue weighted by atomic mass is 10.1. The van der Waals surface area contributed by atoms with Crippen molar-refractivity contribution < 1.29 is 22.8 Å². The maximum Gasteiger partial charge on any atom is 0.416 e. The van der Waals surface area contributed by atoms with Crippen LogP contribution < -0.4 is 10.7 Å². The number of rotatable bonds is 4. The predicted molar refractivity (Wildman–Crippen MR) is 124 cm³/mol. The molecule has 1 fully saturated rings. The van der Waals surface area contributed by atoms with Gasteiger partial charge in [-0.15, -0.1) is 0 Å². The van der Waals surface area contributed by atoms with Crippen molar-refractivity contribution in [3.8, 4) is 5.69 Å². The Morgan fingerprint density at radius 2 is 1.69 bits per heavy atom. The number of anilines is 1. The van der Waals surface area contributed by atoms with Crippen molar-refractivity contribution in [1.82, 2.24) is 14.7 Å². The minimum atomic E-state index is -4.56. The van der Waals surface area contributed by atoms with Gasteiger partial charge >= 0.3 is 6.18 Å². The SMILES string of the molecule is Cc1cc(=O)c(C(=O)Nc2cccc(C(=O)N3CCCCC3)c2)nn1-c1cccc(C(F)(F)F)c1. The van der Waals surface area contributed by atoms with Crippen LogP contribution in [-0.4, -0.2) is 39.6 Å². The molecule has 1 saturated heterocycles. The summed E-state index contributed by atoms with van der Waals surface area (Å²) in [5, 5.41) is 6.61. The molecule has 4 rings (SSSR count). The quantitative estimate of drug-likeness (QED) is 0.594. The van der Waals surface area contributed by atoms with E-state index in [4.69, 9.17) is 0 Å². The molecule has 0 unspecified atom stereocenters. The van der Waals surface area contributed by atoms with E-state index < -0.39 is 28.8 Å². The zero-order chi connectivity index (χ0) is 25.2. The number of hydrogen-bond donors (Lipinski definition) is 1. The van der Waals surface area contributed by atoms with E-state index in [0.717, 1.165) is 42.1 Å². The molecule has 0 bridgehead atoms. The molecule has 0 spiro atoms. The molecule has 35 heavy (non-hydrogen) atoms. The highest BCUT2D eigenvalue weighted by Crippen LogP contribution is 2.30. The van der Waals surface area contributed by atoms with E-state index in [9.17, 15) is 27.6 Å². The number of carbonyl (C=O) groups is 2. The monoisotopic (exact) mass is 484 g/mol. The van der Waals surface area contributed by atoms with E-state index >= 15 is 0 Å². The van der Waals surface area contributed by atoms with Gasteiger partial charge < -0.3 is 10.2 Å². The van der Waals surface area contributed by atoms with Crippen LogP contribution in [0.25, 0.3) is 5.69 Å². The zero-order valence-corrected chi connectivity index (χ0v) is 18.9. The maximum atomic E-state index is 13.1. The van der Waals surface area contributed by atoms with E-state index in [2.05, 4.69) is 10.4 Å². The molecule has 182 valence electrons. The van der Waals surface area contributed by atoms with Crippen molar-refractivity contribution in [2.45, 2.75) is 32.4 Å². The minimum Gasteiger partial charge on any atom is -0.339 e. The Balaban J connectivity index is 1.60. The lowest BCUT2D eigenvalue weighted by Crippen LogP contribution is -2.35. The van der Waals surface area contributed by atoms with Gasteiger partial charge in [-0.25, -0.2) is 4.68 Å². The number of amides is 2. The fourth-order valence-corrected chi connectivity index (χ4v) is 3.98. The third-order valence-electron chi connectivity index (χ3n) is 5.75. The Bertz CT molecular complexity index is 1330. The number of halogens is 3. The number of piperidine rings is 1. The van der Waals surface area contributed by atoms with Crippen LogP contribution in [0.2, 0.25) is 0 Å². The molecule has 1 aliphatic rings. The van der Waals surface area contributed by atoms with E-state index in [1.165, 1.54) is 25.1 Å². The van der Waals surface area contributed by atoms with Crippen LogP contribution in [-0.2, 0) is 6.18 Å². The molecule has 0 saturated carbocycles. The molecule has 2 amide bonds. The van der Waals surface area contributed by atoms with E-state index in [1.807, 2.05) is 0 Å². The van der Waals surface area contributed by atoms with Gasteiger partial charge in [-0.05, 0) is 62.6 Å². The number of nitrogens with one attached hydrogen (secondary N) is 1. The number of benzene rings is 2. The van der Waals surface area contributed by atoms with Crippen molar-refractivity contribution in [2.75, 3.05) is 18.4 Å². The lowest BCUT2D eigenvalue weighted by molar-refractivity contribution is -0.137. The van der Waals surface area contributed by atoms with Crippen LogP contribution in [0.4, 0.5) is 18.9 Å². The molecule has 2 aromatic carbocycles.